The van der Waals surface area contributed by atoms with Crippen LogP contribution in [0.2, 0.25) is 0 Å². The Bertz CT molecular complexity index is 340. The van der Waals surface area contributed by atoms with Gasteiger partial charge in [0.2, 0.25) is 0 Å². The average Bonchev–Trinajstić information content (AvgIpc) is 2.88. The SMILES string of the molecule is c1cc2c(c([C@@H]3CCNC3)c1)NCC2. The second kappa shape index (κ2) is 3.28. The molecule has 14 heavy (non-hydrogen) atoms. The Morgan fingerprint density at radius 2 is 2.21 bits per heavy atom. The number of anilines is 1. The van der Waals surface area contributed by atoms with Crippen LogP contribution >= 0.6 is 0 Å². The van der Waals surface area contributed by atoms with Crippen molar-refractivity contribution in [1.29, 1.82) is 0 Å². The standard InChI is InChI=1S/C12H16N2/c1-2-9-5-7-14-12(9)11(3-1)10-4-6-13-8-10/h1-3,10,13-14H,4-8H2/t10-/m1/s1. The summed E-state index contributed by atoms with van der Waals surface area (Å²) in [6.07, 6.45) is 2.49. The van der Waals surface area contributed by atoms with Crippen LogP contribution in [0.4, 0.5) is 5.69 Å². The molecule has 1 saturated heterocycles. The fourth-order valence-corrected chi connectivity index (χ4v) is 2.63. The molecule has 0 spiro atoms. The van der Waals surface area contributed by atoms with Crippen molar-refractivity contribution >= 4 is 5.69 Å². The third kappa shape index (κ3) is 1.22. The summed E-state index contributed by atoms with van der Waals surface area (Å²) < 4.78 is 0. The normalized spacial score (nSPS) is 24.7. The van der Waals surface area contributed by atoms with Gasteiger partial charge in [-0.05, 0) is 36.4 Å². The molecule has 2 heteroatoms. The van der Waals surface area contributed by atoms with Gasteiger partial charge in [-0.25, -0.2) is 0 Å². The molecule has 0 unspecified atom stereocenters. The van der Waals surface area contributed by atoms with Crippen molar-refractivity contribution in [3.05, 3.63) is 29.3 Å². The van der Waals surface area contributed by atoms with Crippen molar-refractivity contribution in [3.8, 4) is 0 Å². The highest BCUT2D eigenvalue weighted by Gasteiger charge is 2.22. The van der Waals surface area contributed by atoms with E-state index < -0.39 is 0 Å². The molecule has 0 bridgehead atoms. The van der Waals surface area contributed by atoms with Gasteiger partial charge in [-0.3, -0.25) is 0 Å². The van der Waals surface area contributed by atoms with E-state index in [1.807, 2.05) is 0 Å². The van der Waals surface area contributed by atoms with Gasteiger partial charge in [0, 0.05) is 18.8 Å². The van der Waals surface area contributed by atoms with Gasteiger partial charge in [0.1, 0.15) is 0 Å². The Kier molecular flexibility index (Phi) is 1.95. The summed E-state index contributed by atoms with van der Waals surface area (Å²) in [6.45, 7) is 3.44. The van der Waals surface area contributed by atoms with E-state index in [2.05, 4.69) is 28.8 Å². The monoisotopic (exact) mass is 188 g/mol. The van der Waals surface area contributed by atoms with E-state index in [0.29, 0.717) is 0 Å². The zero-order valence-corrected chi connectivity index (χ0v) is 8.34. The van der Waals surface area contributed by atoms with Gasteiger partial charge in [0.15, 0.2) is 0 Å². The summed E-state index contributed by atoms with van der Waals surface area (Å²) in [6, 6.07) is 6.75. The largest absolute Gasteiger partial charge is 0.384 e. The molecule has 0 amide bonds. The number of hydrogen-bond acceptors (Lipinski definition) is 2. The fraction of sp³-hybridized carbons (Fsp3) is 0.500. The molecule has 2 nitrogen and oxygen atoms in total. The van der Waals surface area contributed by atoms with Crippen molar-refractivity contribution in [2.24, 2.45) is 0 Å². The third-order valence-corrected chi connectivity index (χ3v) is 3.38. The van der Waals surface area contributed by atoms with E-state index in [4.69, 9.17) is 0 Å². The van der Waals surface area contributed by atoms with Crippen molar-refractivity contribution < 1.29 is 0 Å². The Labute approximate surface area is 84.7 Å². The van der Waals surface area contributed by atoms with Crippen molar-refractivity contribution in [3.63, 3.8) is 0 Å². The molecule has 0 saturated carbocycles. The van der Waals surface area contributed by atoms with Crippen LogP contribution in [0.15, 0.2) is 18.2 Å². The van der Waals surface area contributed by atoms with Gasteiger partial charge in [-0.2, -0.15) is 0 Å². The summed E-state index contributed by atoms with van der Waals surface area (Å²) in [4.78, 5) is 0. The lowest BCUT2D eigenvalue weighted by atomic mass is 9.95. The molecule has 74 valence electrons. The lowest BCUT2D eigenvalue weighted by molar-refractivity contribution is 0.765. The number of rotatable bonds is 1. The van der Waals surface area contributed by atoms with Crippen LogP contribution in [-0.4, -0.2) is 19.6 Å². The van der Waals surface area contributed by atoms with Crippen LogP contribution in [-0.2, 0) is 6.42 Å². The Balaban J connectivity index is 2.00. The third-order valence-electron chi connectivity index (χ3n) is 3.38. The Morgan fingerprint density at radius 1 is 1.21 bits per heavy atom. The predicted molar refractivity (Wildman–Crippen MR) is 58.9 cm³/mol. The van der Waals surface area contributed by atoms with Gasteiger partial charge in [-0.15, -0.1) is 0 Å². The highest BCUT2D eigenvalue weighted by molar-refractivity contribution is 5.62. The van der Waals surface area contributed by atoms with E-state index in [-0.39, 0.29) is 0 Å². The van der Waals surface area contributed by atoms with Crippen LogP contribution in [0.5, 0.6) is 0 Å². The molecule has 2 N–H and O–H groups in total. The molecular formula is C12H16N2. The molecule has 0 aromatic heterocycles. The Morgan fingerprint density at radius 3 is 3.07 bits per heavy atom. The fourth-order valence-electron chi connectivity index (χ4n) is 2.63. The second-order valence-electron chi connectivity index (χ2n) is 4.25. The van der Waals surface area contributed by atoms with Crippen molar-refractivity contribution in [2.75, 3.05) is 25.0 Å². The number of benzene rings is 1. The summed E-state index contributed by atoms with van der Waals surface area (Å²) >= 11 is 0. The quantitative estimate of drug-likeness (QED) is 0.701. The van der Waals surface area contributed by atoms with Crippen LogP contribution < -0.4 is 10.6 Å². The summed E-state index contributed by atoms with van der Waals surface area (Å²) in [5, 5.41) is 6.95. The lowest BCUT2D eigenvalue weighted by Gasteiger charge is -2.14. The van der Waals surface area contributed by atoms with E-state index >= 15 is 0 Å². The van der Waals surface area contributed by atoms with Crippen molar-refractivity contribution in [1.82, 2.24) is 5.32 Å². The maximum absolute atomic E-state index is 3.52. The minimum Gasteiger partial charge on any atom is -0.384 e. The smallest absolute Gasteiger partial charge is 0.0409 e. The van der Waals surface area contributed by atoms with Gasteiger partial charge in [0.05, 0.1) is 0 Å². The highest BCUT2D eigenvalue weighted by Crippen LogP contribution is 2.34. The molecule has 2 heterocycles. The van der Waals surface area contributed by atoms with E-state index in [9.17, 15) is 0 Å². The second-order valence-corrected chi connectivity index (χ2v) is 4.25. The maximum atomic E-state index is 3.52. The van der Waals surface area contributed by atoms with Gasteiger partial charge >= 0.3 is 0 Å². The molecule has 1 atom stereocenters. The maximum Gasteiger partial charge on any atom is 0.0409 e. The molecular weight excluding hydrogens is 172 g/mol. The van der Waals surface area contributed by atoms with Crippen molar-refractivity contribution in [2.45, 2.75) is 18.8 Å². The molecule has 2 aliphatic rings. The first-order valence-electron chi connectivity index (χ1n) is 5.51. The minimum atomic E-state index is 0.732. The predicted octanol–water partition coefficient (Wildman–Crippen LogP) is 1.73. The number of hydrogen-bond donors (Lipinski definition) is 2. The first kappa shape index (κ1) is 8.30. The average molecular weight is 188 g/mol. The van der Waals surface area contributed by atoms with Crippen LogP contribution in [0.25, 0.3) is 0 Å². The molecule has 3 rings (SSSR count). The number of fused-ring (bicyclic) bond motifs is 1. The molecule has 1 fully saturated rings. The topological polar surface area (TPSA) is 24.1 Å². The van der Waals surface area contributed by atoms with Gasteiger partial charge < -0.3 is 10.6 Å². The van der Waals surface area contributed by atoms with E-state index in [1.165, 1.54) is 36.2 Å². The molecule has 2 aliphatic heterocycles. The summed E-state index contributed by atoms with van der Waals surface area (Å²) in [5.41, 5.74) is 4.47. The number of para-hydroxylation sites is 1. The summed E-state index contributed by atoms with van der Waals surface area (Å²) in [7, 11) is 0. The first-order chi connectivity index (χ1) is 6.95. The molecule has 1 aromatic carbocycles. The van der Waals surface area contributed by atoms with Crippen LogP contribution in [0.3, 0.4) is 0 Å². The molecule has 0 radical (unpaired) electrons. The minimum absolute atomic E-state index is 0.732. The number of nitrogens with one attached hydrogen (secondary N) is 2. The van der Waals surface area contributed by atoms with Gasteiger partial charge in [-0.1, -0.05) is 18.2 Å². The van der Waals surface area contributed by atoms with Crippen LogP contribution in [0.1, 0.15) is 23.5 Å². The van der Waals surface area contributed by atoms with E-state index in [1.54, 1.807) is 0 Å². The first-order valence-corrected chi connectivity index (χ1v) is 5.51. The zero-order valence-electron chi connectivity index (χ0n) is 8.34. The van der Waals surface area contributed by atoms with E-state index in [0.717, 1.165) is 19.0 Å². The van der Waals surface area contributed by atoms with Gasteiger partial charge in [0.25, 0.3) is 0 Å². The Hall–Kier alpha value is -1.02. The van der Waals surface area contributed by atoms with Crippen LogP contribution in [0, 0.1) is 0 Å². The zero-order chi connectivity index (χ0) is 9.38. The molecule has 0 aliphatic carbocycles. The molecule has 1 aromatic rings. The summed E-state index contributed by atoms with van der Waals surface area (Å²) in [5.74, 6) is 0.732. The lowest BCUT2D eigenvalue weighted by Crippen LogP contribution is -2.09. The highest BCUT2D eigenvalue weighted by atomic mass is 14.9.